The summed E-state index contributed by atoms with van der Waals surface area (Å²) in [6.07, 6.45) is 2.55. The number of ether oxygens (including phenoxy) is 1. The molecular formula is C31H41N3O5. The maximum Gasteiger partial charge on any atom is 0.408 e. The molecule has 2 aromatic rings. The molecule has 0 saturated carbocycles. The van der Waals surface area contributed by atoms with Crippen LogP contribution in [0.2, 0.25) is 0 Å². The lowest BCUT2D eigenvalue weighted by atomic mass is 9.97. The summed E-state index contributed by atoms with van der Waals surface area (Å²) >= 11 is 0. The average molecular weight is 536 g/mol. The van der Waals surface area contributed by atoms with Gasteiger partial charge in [-0.2, -0.15) is 0 Å². The zero-order chi connectivity index (χ0) is 29.4. The Balaban J connectivity index is 2.58. The lowest BCUT2D eigenvalue weighted by Crippen LogP contribution is -2.55. The molecule has 2 rings (SSSR count). The Morgan fingerprint density at radius 1 is 1.03 bits per heavy atom. The molecule has 0 radical (unpaired) electrons. The molecule has 0 saturated heterocycles. The molecule has 2 aromatic carbocycles. The number of nitrogens with zero attached hydrogens (tertiary/aromatic N) is 1. The summed E-state index contributed by atoms with van der Waals surface area (Å²) in [5, 5.41) is 15.4. The van der Waals surface area contributed by atoms with Crippen LogP contribution >= 0.6 is 0 Å². The summed E-state index contributed by atoms with van der Waals surface area (Å²) in [5.74, 6) is -0.789. The van der Waals surface area contributed by atoms with Gasteiger partial charge in [0.2, 0.25) is 11.8 Å². The molecule has 0 aliphatic heterocycles. The van der Waals surface area contributed by atoms with E-state index in [0.29, 0.717) is 11.1 Å². The molecule has 3 N–H and O–H groups in total. The number of amides is 3. The quantitative estimate of drug-likeness (QED) is 0.365. The van der Waals surface area contributed by atoms with Crippen molar-refractivity contribution >= 4 is 24.0 Å². The van der Waals surface area contributed by atoms with Crippen molar-refractivity contribution in [2.45, 2.75) is 71.2 Å². The highest BCUT2D eigenvalue weighted by atomic mass is 16.6. The number of phenolic OH excluding ortho intramolecular Hbond substituents is 1. The third-order valence-corrected chi connectivity index (χ3v) is 5.49. The zero-order valence-corrected chi connectivity index (χ0v) is 23.8. The fourth-order valence-electron chi connectivity index (χ4n) is 3.95. The highest BCUT2D eigenvalue weighted by molar-refractivity contribution is 5.92. The van der Waals surface area contributed by atoms with Gasteiger partial charge in [-0.1, -0.05) is 49.1 Å². The van der Waals surface area contributed by atoms with Crippen molar-refractivity contribution in [2.75, 3.05) is 6.54 Å². The van der Waals surface area contributed by atoms with E-state index in [0.717, 1.165) is 5.56 Å². The summed E-state index contributed by atoms with van der Waals surface area (Å²) in [6.45, 7) is 18.4. The summed E-state index contributed by atoms with van der Waals surface area (Å²) in [6, 6.07) is 11.5. The number of rotatable bonds is 10. The highest BCUT2D eigenvalue weighted by Gasteiger charge is 2.37. The van der Waals surface area contributed by atoms with Gasteiger partial charge in [-0.25, -0.2) is 4.79 Å². The number of alkyl carbamates (subject to hydrolysis) is 1. The second kappa shape index (κ2) is 13.1. The van der Waals surface area contributed by atoms with Crippen LogP contribution in [0, 0.1) is 0 Å². The van der Waals surface area contributed by atoms with E-state index in [9.17, 15) is 19.5 Å². The van der Waals surface area contributed by atoms with Gasteiger partial charge in [0.15, 0.2) is 0 Å². The molecule has 0 spiro atoms. The molecule has 0 fully saturated rings. The van der Waals surface area contributed by atoms with Crippen LogP contribution in [-0.2, 0) is 20.7 Å². The van der Waals surface area contributed by atoms with Crippen molar-refractivity contribution in [3.8, 4) is 5.75 Å². The van der Waals surface area contributed by atoms with Crippen LogP contribution in [0.25, 0.3) is 6.08 Å². The molecule has 2 atom stereocenters. The standard InChI is InChI=1S/C31H41N3O5/c1-9-18-34(26(27(36)33-30(3,4)5)23-13-11-12-21(10-2)19-23)28(37)25(32-29(38)39-31(6,7)8)20-22-14-16-24(35)17-15-22/h9-17,19,25-26,35H,1-2,18,20H2,3-8H3,(H,32,38)(H,33,36). The summed E-state index contributed by atoms with van der Waals surface area (Å²) in [5.41, 5.74) is 0.737. The van der Waals surface area contributed by atoms with Crippen LogP contribution in [0.1, 0.15) is 64.3 Å². The Kier molecular flexibility index (Phi) is 10.5. The number of carbonyl (C=O) groups excluding carboxylic acids is 3. The van der Waals surface area contributed by atoms with Gasteiger partial charge in [0.1, 0.15) is 23.4 Å². The Morgan fingerprint density at radius 2 is 1.67 bits per heavy atom. The van der Waals surface area contributed by atoms with Gasteiger partial charge in [0, 0.05) is 18.5 Å². The van der Waals surface area contributed by atoms with Crippen molar-refractivity contribution in [1.82, 2.24) is 15.5 Å². The van der Waals surface area contributed by atoms with Crippen molar-refractivity contribution in [3.63, 3.8) is 0 Å². The maximum absolute atomic E-state index is 14.2. The molecule has 0 heterocycles. The maximum atomic E-state index is 14.2. The smallest absolute Gasteiger partial charge is 0.408 e. The Labute approximate surface area is 231 Å². The van der Waals surface area contributed by atoms with Crippen molar-refractivity contribution in [1.29, 1.82) is 0 Å². The second-order valence-corrected chi connectivity index (χ2v) is 11.4. The van der Waals surface area contributed by atoms with Crippen LogP contribution in [-0.4, -0.2) is 51.6 Å². The van der Waals surface area contributed by atoms with E-state index in [1.165, 1.54) is 23.1 Å². The third kappa shape index (κ3) is 9.96. The SMILES string of the molecule is C=CCN(C(=O)C(Cc1ccc(O)cc1)NC(=O)OC(C)(C)C)C(C(=O)NC(C)(C)C)c1cccc(C=C)c1. The topological polar surface area (TPSA) is 108 Å². The molecule has 0 aromatic heterocycles. The lowest BCUT2D eigenvalue weighted by molar-refractivity contribution is -0.142. The van der Waals surface area contributed by atoms with Crippen LogP contribution in [0.5, 0.6) is 5.75 Å². The number of hydrogen-bond donors (Lipinski definition) is 3. The van der Waals surface area contributed by atoms with E-state index >= 15 is 0 Å². The van der Waals surface area contributed by atoms with Crippen molar-refractivity contribution in [2.24, 2.45) is 0 Å². The van der Waals surface area contributed by atoms with E-state index in [1.807, 2.05) is 26.8 Å². The van der Waals surface area contributed by atoms with E-state index in [4.69, 9.17) is 4.74 Å². The molecule has 2 unspecified atom stereocenters. The summed E-state index contributed by atoms with van der Waals surface area (Å²) < 4.78 is 5.43. The van der Waals surface area contributed by atoms with E-state index in [1.54, 1.807) is 57.2 Å². The molecule has 0 bridgehead atoms. The molecule has 210 valence electrons. The molecule has 0 aliphatic rings. The van der Waals surface area contributed by atoms with E-state index in [2.05, 4.69) is 23.8 Å². The van der Waals surface area contributed by atoms with E-state index in [-0.39, 0.29) is 24.6 Å². The van der Waals surface area contributed by atoms with Crippen molar-refractivity contribution in [3.05, 3.63) is 84.5 Å². The minimum absolute atomic E-state index is 0.0431. The van der Waals surface area contributed by atoms with Crippen LogP contribution in [0.3, 0.4) is 0 Å². The Morgan fingerprint density at radius 3 is 2.21 bits per heavy atom. The van der Waals surface area contributed by atoms with Gasteiger partial charge in [-0.05, 0) is 76.4 Å². The number of hydrogen-bond acceptors (Lipinski definition) is 5. The van der Waals surface area contributed by atoms with Gasteiger partial charge in [0.05, 0.1) is 0 Å². The predicted octanol–water partition coefficient (Wildman–Crippen LogP) is 5.14. The Bertz CT molecular complexity index is 1180. The van der Waals surface area contributed by atoms with Gasteiger partial charge in [-0.15, -0.1) is 6.58 Å². The first-order chi connectivity index (χ1) is 18.1. The fourth-order valence-corrected chi connectivity index (χ4v) is 3.95. The second-order valence-electron chi connectivity index (χ2n) is 11.4. The lowest BCUT2D eigenvalue weighted by Gasteiger charge is -2.35. The average Bonchev–Trinajstić information content (AvgIpc) is 2.82. The highest BCUT2D eigenvalue weighted by Crippen LogP contribution is 2.26. The summed E-state index contributed by atoms with van der Waals surface area (Å²) in [7, 11) is 0. The number of aromatic hydroxyl groups is 1. The monoisotopic (exact) mass is 535 g/mol. The number of carbonyl (C=O) groups is 3. The first-order valence-electron chi connectivity index (χ1n) is 12.9. The van der Waals surface area contributed by atoms with Crippen LogP contribution < -0.4 is 10.6 Å². The normalized spacial score (nSPS) is 13.0. The molecule has 39 heavy (non-hydrogen) atoms. The van der Waals surface area contributed by atoms with Gasteiger partial charge >= 0.3 is 6.09 Å². The largest absolute Gasteiger partial charge is 0.508 e. The Hall–Kier alpha value is -4.07. The number of nitrogens with one attached hydrogen (secondary N) is 2. The molecule has 3 amide bonds. The molecule has 0 aliphatic carbocycles. The van der Waals surface area contributed by atoms with Crippen LogP contribution in [0.15, 0.2) is 67.8 Å². The first-order valence-corrected chi connectivity index (χ1v) is 12.9. The van der Waals surface area contributed by atoms with Crippen LogP contribution in [0.4, 0.5) is 4.79 Å². The van der Waals surface area contributed by atoms with Gasteiger partial charge < -0.3 is 25.4 Å². The summed E-state index contributed by atoms with van der Waals surface area (Å²) in [4.78, 5) is 42.1. The predicted molar refractivity (Wildman–Crippen MR) is 154 cm³/mol. The molecular weight excluding hydrogens is 494 g/mol. The first kappa shape index (κ1) is 31.1. The zero-order valence-electron chi connectivity index (χ0n) is 23.8. The number of phenols is 1. The van der Waals surface area contributed by atoms with Crippen molar-refractivity contribution < 1.29 is 24.2 Å². The third-order valence-electron chi connectivity index (χ3n) is 5.49. The fraction of sp³-hybridized carbons (Fsp3) is 0.387. The minimum Gasteiger partial charge on any atom is -0.508 e. The molecule has 8 nitrogen and oxygen atoms in total. The minimum atomic E-state index is -1.07. The van der Waals surface area contributed by atoms with E-state index < -0.39 is 35.2 Å². The molecule has 8 heteroatoms. The number of benzene rings is 2. The van der Waals surface area contributed by atoms with Gasteiger partial charge in [0.25, 0.3) is 0 Å². The van der Waals surface area contributed by atoms with Gasteiger partial charge in [-0.3, -0.25) is 9.59 Å².